The molecule has 1 aromatic heterocycles. The lowest BCUT2D eigenvalue weighted by Crippen LogP contribution is -2.52. The van der Waals surface area contributed by atoms with Crippen molar-refractivity contribution in [1.82, 2.24) is 14.6 Å². The van der Waals surface area contributed by atoms with Crippen molar-refractivity contribution < 1.29 is 22.3 Å². The zero-order chi connectivity index (χ0) is 24.5. The van der Waals surface area contributed by atoms with Crippen LogP contribution in [0.2, 0.25) is 0 Å². The van der Waals surface area contributed by atoms with Crippen molar-refractivity contribution in [3.05, 3.63) is 60.0 Å². The van der Waals surface area contributed by atoms with E-state index in [0.717, 1.165) is 35.6 Å². The number of likely N-dealkylation sites (tertiary alicyclic amines) is 1. The quantitative estimate of drug-likeness (QED) is 0.527. The summed E-state index contributed by atoms with van der Waals surface area (Å²) in [6, 6.07) is 10.1. The van der Waals surface area contributed by atoms with E-state index in [4.69, 9.17) is 4.74 Å². The molecule has 1 atom stereocenters. The van der Waals surface area contributed by atoms with Gasteiger partial charge < -0.3 is 14.6 Å². The Labute approximate surface area is 199 Å². The SMILES string of the molecule is COc1ccc2[nH]cc(C3CCN(C(=O)[C@@H](NS(=O)(=O)c4ccccc4F)C(C)C)CC3)c2c1. The van der Waals surface area contributed by atoms with E-state index in [1.807, 2.05) is 24.4 Å². The fourth-order valence-electron chi connectivity index (χ4n) is 4.56. The molecule has 0 bridgehead atoms. The van der Waals surface area contributed by atoms with Gasteiger partial charge in [0.2, 0.25) is 15.9 Å². The predicted molar refractivity (Wildman–Crippen MR) is 129 cm³/mol. The molecule has 7 nitrogen and oxygen atoms in total. The first-order chi connectivity index (χ1) is 16.2. The lowest BCUT2D eigenvalue weighted by atomic mass is 9.88. The number of aromatic amines is 1. The van der Waals surface area contributed by atoms with Crippen molar-refractivity contribution in [2.75, 3.05) is 20.2 Å². The van der Waals surface area contributed by atoms with Gasteiger partial charge >= 0.3 is 0 Å². The van der Waals surface area contributed by atoms with E-state index in [1.54, 1.807) is 25.9 Å². The summed E-state index contributed by atoms with van der Waals surface area (Å²) in [4.78, 5) is 17.9. The molecule has 182 valence electrons. The first-order valence-electron chi connectivity index (χ1n) is 11.4. The normalized spacial score (nSPS) is 16.2. The number of benzene rings is 2. The van der Waals surface area contributed by atoms with E-state index < -0.39 is 26.8 Å². The highest BCUT2D eigenvalue weighted by molar-refractivity contribution is 7.89. The van der Waals surface area contributed by atoms with Crippen LogP contribution in [-0.4, -0.2) is 50.5 Å². The van der Waals surface area contributed by atoms with Crippen molar-refractivity contribution in [2.24, 2.45) is 5.92 Å². The number of H-pyrrole nitrogens is 1. The number of carbonyl (C=O) groups excluding carboxylic acids is 1. The summed E-state index contributed by atoms with van der Waals surface area (Å²) < 4.78 is 47.5. The smallest absolute Gasteiger partial charge is 0.244 e. The van der Waals surface area contributed by atoms with Crippen LogP contribution in [0, 0.1) is 11.7 Å². The van der Waals surface area contributed by atoms with Gasteiger partial charge in [0.1, 0.15) is 22.5 Å². The average Bonchev–Trinajstić information content (AvgIpc) is 3.25. The number of amides is 1. The Bertz CT molecular complexity index is 1280. The van der Waals surface area contributed by atoms with Crippen LogP contribution < -0.4 is 9.46 Å². The maximum absolute atomic E-state index is 14.1. The van der Waals surface area contributed by atoms with Crippen LogP contribution in [0.5, 0.6) is 5.75 Å². The van der Waals surface area contributed by atoms with E-state index in [1.165, 1.54) is 23.8 Å². The van der Waals surface area contributed by atoms with E-state index in [0.29, 0.717) is 13.1 Å². The summed E-state index contributed by atoms with van der Waals surface area (Å²) in [5, 5.41) is 1.11. The number of halogens is 1. The molecule has 1 fully saturated rings. The van der Waals surface area contributed by atoms with Gasteiger partial charge in [-0.05, 0) is 60.6 Å². The average molecular weight is 488 g/mol. The minimum absolute atomic E-state index is 0.275. The zero-order valence-electron chi connectivity index (χ0n) is 19.5. The number of hydrogen-bond acceptors (Lipinski definition) is 4. The van der Waals surface area contributed by atoms with Crippen LogP contribution in [0.25, 0.3) is 10.9 Å². The molecule has 0 aliphatic carbocycles. The van der Waals surface area contributed by atoms with E-state index in [2.05, 4.69) is 9.71 Å². The number of rotatable bonds is 7. The highest BCUT2D eigenvalue weighted by atomic mass is 32.2. The molecule has 4 rings (SSSR count). The number of piperidine rings is 1. The first kappa shape index (κ1) is 24.2. The van der Waals surface area contributed by atoms with Gasteiger partial charge in [0.25, 0.3) is 0 Å². The number of methoxy groups -OCH3 is 1. The second-order valence-corrected chi connectivity index (χ2v) is 10.7. The number of sulfonamides is 1. The maximum Gasteiger partial charge on any atom is 0.244 e. The van der Waals surface area contributed by atoms with Gasteiger partial charge in [-0.3, -0.25) is 4.79 Å². The fraction of sp³-hybridized carbons (Fsp3) is 0.400. The van der Waals surface area contributed by atoms with Gasteiger partial charge in [0, 0.05) is 30.2 Å². The third-order valence-corrected chi connectivity index (χ3v) is 7.98. The van der Waals surface area contributed by atoms with Gasteiger partial charge in [-0.15, -0.1) is 0 Å². The molecule has 2 heterocycles. The number of aromatic nitrogens is 1. The van der Waals surface area contributed by atoms with Crippen molar-refractivity contribution >= 4 is 26.8 Å². The fourth-order valence-corrected chi connectivity index (χ4v) is 5.98. The molecule has 1 aliphatic rings. The molecule has 0 saturated carbocycles. The predicted octanol–water partition coefficient (Wildman–Crippen LogP) is 4.02. The third-order valence-electron chi connectivity index (χ3n) is 6.51. The molecule has 34 heavy (non-hydrogen) atoms. The van der Waals surface area contributed by atoms with Crippen LogP contribution in [-0.2, 0) is 14.8 Å². The number of hydrogen-bond donors (Lipinski definition) is 2. The molecule has 0 unspecified atom stereocenters. The van der Waals surface area contributed by atoms with Crippen LogP contribution in [0.3, 0.4) is 0 Å². The van der Waals surface area contributed by atoms with Crippen molar-refractivity contribution in [3.63, 3.8) is 0 Å². The molecular formula is C25H30FN3O4S. The zero-order valence-corrected chi connectivity index (χ0v) is 20.4. The molecule has 9 heteroatoms. The summed E-state index contributed by atoms with van der Waals surface area (Å²) in [6.07, 6.45) is 3.55. The number of nitrogens with zero attached hydrogens (tertiary/aromatic N) is 1. The van der Waals surface area contributed by atoms with Crippen LogP contribution in [0.15, 0.2) is 53.6 Å². The Kier molecular flexibility index (Phi) is 6.95. The van der Waals surface area contributed by atoms with Gasteiger partial charge in [-0.2, -0.15) is 4.72 Å². The first-order valence-corrected chi connectivity index (χ1v) is 12.9. The van der Waals surface area contributed by atoms with Gasteiger partial charge in [-0.25, -0.2) is 12.8 Å². The van der Waals surface area contributed by atoms with Crippen molar-refractivity contribution in [3.8, 4) is 5.75 Å². The maximum atomic E-state index is 14.1. The Morgan fingerprint density at radius 2 is 1.88 bits per heavy atom. The molecule has 1 aliphatic heterocycles. The van der Waals surface area contributed by atoms with Crippen LogP contribution in [0.4, 0.5) is 4.39 Å². The van der Waals surface area contributed by atoms with E-state index in [-0.39, 0.29) is 17.7 Å². The summed E-state index contributed by atoms with van der Waals surface area (Å²) in [7, 11) is -2.54. The number of carbonyl (C=O) groups is 1. The van der Waals surface area contributed by atoms with Gasteiger partial charge in [0.15, 0.2) is 0 Å². The number of fused-ring (bicyclic) bond motifs is 1. The largest absolute Gasteiger partial charge is 0.497 e. The Hall–Kier alpha value is -2.91. The van der Waals surface area contributed by atoms with Gasteiger partial charge in [-0.1, -0.05) is 26.0 Å². The lowest BCUT2D eigenvalue weighted by Gasteiger charge is -2.35. The third kappa shape index (κ3) is 4.81. The summed E-state index contributed by atoms with van der Waals surface area (Å²) in [5.41, 5.74) is 2.23. The second kappa shape index (κ2) is 9.76. The topological polar surface area (TPSA) is 91.5 Å². The monoisotopic (exact) mass is 487 g/mol. The molecular weight excluding hydrogens is 457 g/mol. The van der Waals surface area contributed by atoms with E-state index >= 15 is 0 Å². The highest BCUT2D eigenvalue weighted by Crippen LogP contribution is 2.35. The minimum atomic E-state index is -4.18. The van der Waals surface area contributed by atoms with E-state index in [9.17, 15) is 17.6 Å². The lowest BCUT2D eigenvalue weighted by molar-refractivity contribution is -0.135. The molecule has 3 aromatic rings. The Morgan fingerprint density at radius 3 is 2.53 bits per heavy atom. The molecule has 0 spiro atoms. The summed E-state index contributed by atoms with van der Waals surface area (Å²) in [6.45, 7) is 4.59. The second-order valence-electron chi connectivity index (χ2n) is 9.03. The number of ether oxygens (including phenoxy) is 1. The summed E-state index contributed by atoms with van der Waals surface area (Å²) >= 11 is 0. The van der Waals surface area contributed by atoms with Crippen molar-refractivity contribution in [1.29, 1.82) is 0 Å². The van der Waals surface area contributed by atoms with Crippen molar-refractivity contribution in [2.45, 2.75) is 43.5 Å². The Morgan fingerprint density at radius 1 is 1.18 bits per heavy atom. The molecule has 1 amide bonds. The molecule has 1 saturated heterocycles. The summed E-state index contributed by atoms with van der Waals surface area (Å²) in [5.74, 6) is -0.358. The van der Waals surface area contributed by atoms with Gasteiger partial charge in [0.05, 0.1) is 7.11 Å². The Balaban J connectivity index is 1.47. The molecule has 0 radical (unpaired) electrons. The van der Waals surface area contributed by atoms with Crippen LogP contribution in [0.1, 0.15) is 38.2 Å². The molecule has 2 aromatic carbocycles. The molecule has 2 N–H and O–H groups in total. The highest BCUT2D eigenvalue weighted by Gasteiger charge is 2.34. The number of nitrogens with one attached hydrogen (secondary N) is 2. The minimum Gasteiger partial charge on any atom is -0.497 e. The standard InChI is InChI=1S/C25H30FN3O4S/c1-16(2)24(28-34(31,32)23-7-5-4-6-21(23)26)25(30)29-12-10-17(11-13-29)20-15-27-22-9-8-18(33-3)14-19(20)22/h4-9,14-17,24,27-28H,10-13H2,1-3H3/t24-/m0/s1. The van der Waals surface area contributed by atoms with Crippen LogP contribution >= 0.6 is 0 Å².